The molecule has 2 fully saturated rings. The van der Waals surface area contributed by atoms with Gasteiger partial charge in [0, 0.05) is 31.7 Å². The second kappa shape index (κ2) is 7.70. The van der Waals surface area contributed by atoms with Crippen molar-refractivity contribution in [1.82, 2.24) is 19.6 Å². The summed E-state index contributed by atoms with van der Waals surface area (Å²) in [6.45, 7) is 5.80. The third-order valence-electron chi connectivity index (χ3n) is 5.49. The Balaban J connectivity index is 1.49. The Kier molecular flexibility index (Phi) is 5.13. The number of hydrogen-bond donors (Lipinski definition) is 1. The van der Waals surface area contributed by atoms with Crippen LogP contribution in [0.25, 0.3) is 5.69 Å². The lowest BCUT2D eigenvalue weighted by Gasteiger charge is -2.47. The van der Waals surface area contributed by atoms with E-state index in [1.165, 1.54) is 10.7 Å². The topological polar surface area (TPSA) is 70.6 Å². The van der Waals surface area contributed by atoms with Gasteiger partial charge in [-0.15, -0.1) is 0 Å². The van der Waals surface area contributed by atoms with Crippen molar-refractivity contribution in [3.8, 4) is 5.69 Å². The van der Waals surface area contributed by atoms with Crippen LogP contribution in [0.5, 0.6) is 0 Å². The number of fused-ring (bicyclic) bond motifs is 1. The number of rotatable bonds is 4. The molecule has 0 bridgehead atoms. The number of ether oxygens (including phenoxy) is 1. The molecule has 2 aliphatic heterocycles. The number of benzene rings is 1. The Morgan fingerprint density at radius 1 is 1.22 bits per heavy atom. The quantitative estimate of drug-likeness (QED) is 0.885. The highest BCUT2D eigenvalue weighted by atomic mass is 16.5. The van der Waals surface area contributed by atoms with Crippen molar-refractivity contribution in [2.24, 2.45) is 0 Å². The van der Waals surface area contributed by atoms with Crippen molar-refractivity contribution in [3.05, 3.63) is 52.4 Å². The Bertz CT molecular complexity index is 842. The molecule has 144 valence electrons. The molecule has 7 nitrogen and oxygen atoms in total. The van der Waals surface area contributed by atoms with Crippen LogP contribution in [0.3, 0.4) is 0 Å². The number of aromatic nitrogens is 2. The summed E-state index contributed by atoms with van der Waals surface area (Å²) in [6.07, 6.45) is 2.26. The summed E-state index contributed by atoms with van der Waals surface area (Å²) >= 11 is 0. The summed E-state index contributed by atoms with van der Waals surface area (Å²) in [6, 6.07) is 11.3. The van der Waals surface area contributed by atoms with Gasteiger partial charge in [-0.05, 0) is 18.6 Å². The number of amides is 1. The van der Waals surface area contributed by atoms with E-state index in [4.69, 9.17) is 4.74 Å². The second-order valence-corrected chi connectivity index (χ2v) is 7.30. The molecular formula is C20H26N4O3. The number of morpholine rings is 1. The van der Waals surface area contributed by atoms with Crippen molar-refractivity contribution >= 4 is 5.91 Å². The van der Waals surface area contributed by atoms with Crippen molar-refractivity contribution in [1.29, 1.82) is 0 Å². The average Bonchev–Trinajstić information content (AvgIpc) is 3.10. The average molecular weight is 370 g/mol. The first-order chi connectivity index (χ1) is 13.2. The first-order valence-corrected chi connectivity index (χ1v) is 9.67. The molecule has 0 aliphatic carbocycles. The molecule has 1 N–H and O–H groups in total. The Labute approximate surface area is 158 Å². The van der Waals surface area contributed by atoms with E-state index in [-0.39, 0.29) is 17.5 Å². The summed E-state index contributed by atoms with van der Waals surface area (Å²) in [5.41, 5.74) is 0.820. The van der Waals surface area contributed by atoms with Gasteiger partial charge in [-0.2, -0.15) is 0 Å². The maximum absolute atomic E-state index is 13.0. The number of aromatic amines is 1. The van der Waals surface area contributed by atoms with E-state index in [1.807, 2.05) is 35.2 Å². The summed E-state index contributed by atoms with van der Waals surface area (Å²) in [7, 11) is 0. The van der Waals surface area contributed by atoms with Crippen LogP contribution in [0.15, 0.2) is 41.2 Å². The summed E-state index contributed by atoms with van der Waals surface area (Å²) in [5.74, 6) is -0.126. The maximum atomic E-state index is 13.0. The minimum atomic E-state index is -0.229. The SMILES string of the molecule is CCC[C@H]1COC[C@H]2CN(C(=O)c3cc(=O)n(-c4ccccc4)[nH]3)CCN12. The number of carbonyl (C=O) groups excluding carboxylic acids is 1. The minimum Gasteiger partial charge on any atom is -0.378 e. The lowest BCUT2D eigenvalue weighted by molar-refractivity contribution is -0.0776. The van der Waals surface area contributed by atoms with Crippen LogP contribution in [0.4, 0.5) is 0 Å². The molecule has 0 spiro atoms. The molecule has 2 aliphatic rings. The van der Waals surface area contributed by atoms with Gasteiger partial charge in [-0.3, -0.25) is 19.6 Å². The molecular weight excluding hydrogens is 344 g/mol. The largest absolute Gasteiger partial charge is 0.378 e. The van der Waals surface area contributed by atoms with E-state index < -0.39 is 0 Å². The van der Waals surface area contributed by atoms with Crippen LogP contribution in [-0.2, 0) is 4.74 Å². The number of piperazine rings is 1. The predicted octanol–water partition coefficient (Wildman–Crippen LogP) is 1.49. The van der Waals surface area contributed by atoms with Gasteiger partial charge in [0.2, 0.25) is 0 Å². The zero-order valence-corrected chi connectivity index (χ0v) is 15.6. The van der Waals surface area contributed by atoms with E-state index in [0.717, 1.165) is 31.7 Å². The van der Waals surface area contributed by atoms with Crippen LogP contribution in [-0.4, -0.2) is 70.4 Å². The molecule has 7 heteroatoms. The highest BCUT2D eigenvalue weighted by Gasteiger charge is 2.37. The van der Waals surface area contributed by atoms with Gasteiger partial charge < -0.3 is 9.64 Å². The van der Waals surface area contributed by atoms with Crippen molar-refractivity contribution in [2.45, 2.75) is 31.8 Å². The van der Waals surface area contributed by atoms with Gasteiger partial charge in [0.1, 0.15) is 5.69 Å². The fourth-order valence-electron chi connectivity index (χ4n) is 4.15. The smallest absolute Gasteiger partial charge is 0.272 e. The molecule has 1 amide bonds. The molecule has 0 saturated carbocycles. The molecule has 0 radical (unpaired) electrons. The predicted molar refractivity (Wildman–Crippen MR) is 102 cm³/mol. The van der Waals surface area contributed by atoms with Crippen LogP contribution in [0.2, 0.25) is 0 Å². The molecule has 0 unspecified atom stereocenters. The number of H-pyrrole nitrogens is 1. The molecule has 27 heavy (non-hydrogen) atoms. The third kappa shape index (κ3) is 3.57. The molecule has 2 aromatic rings. The van der Waals surface area contributed by atoms with E-state index in [1.54, 1.807) is 0 Å². The summed E-state index contributed by atoms with van der Waals surface area (Å²) < 4.78 is 7.18. The number of carbonyl (C=O) groups is 1. The van der Waals surface area contributed by atoms with E-state index in [2.05, 4.69) is 16.9 Å². The normalized spacial score (nSPS) is 23.2. The van der Waals surface area contributed by atoms with Crippen LogP contribution < -0.4 is 5.56 Å². The standard InChI is InChI=1S/C20H26N4O3/c1-2-6-16-13-27-14-17-12-22(9-10-23(16)17)20(26)18-11-19(25)24(21-18)15-7-4-3-5-8-15/h3-5,7-8,11,16-17,21H,2,6,9-10,12-14H2,1H3/t16-,17+/m0/s1. The van der Waals surface area contributed by atoms with E-state index in [0.29, 0.717) is 31.4 Å². The van der Waals surface area contributed by atoms with E-state index >= 15 is 0 Å². The van der Waals surface area contributed by atoms with Crippen LogP contribution in [0, 0.1) is 0 Å². The maximum Gasteiger partial charge on any atom is 0.272 e. The highest BCUT2D eigenvalue weighted by Crippen LogP contribution is 2.22. The van der Waals surface area contributed by atoms with Gasteiger partial charge in [0.15, 0.2) is 0 Å². The summed E-state index contributed by atoms with van der Waals surface area (Å²) in [4.78, 5) is 29.6. The minimum absolute atomic E-state index is 0.126. The number of nitrogens with zero attached hydrogens (tertiary/aromatic N) is 3. The molecule has 3 heterocycles. The van der Waals surface area contributed by atoms with E-state index in [9.17, 15) is 9.59 Å². The van der Waals surface area contributed by atoms with Crippen LogP contribution >= 0.6 is 0 Å². The Morgan fingerprint density at radius 3 is 2.81 bits per heavy atom. The van der Waals surface area contributed by atoms with Crippen molar-refractivity contribution < 1.29 is 9.53 Å². The Hall–Kier alpha value is -2.38. The van der Waals surface area contributed by atoms with Gasteiger partial charge >= 0.3 is 0 Å². The highest BCUT2D eigenvalue weighted by molar-refractivity contribution is 5.92. The second-order valence-electron chi connectivity index (χ2n) is 7.30. The van der Waals surface area contributed by atoms with Crippen molar-refractivity contribution in [2.75, 3.05) is 32.8 Å². The fourth-order valence-corrected chi connectivity index (χ4v) is 4.15. The van der Waals surface area contributed by atoms with Gasteiger partial charge in [-0.1, -0.05) is 31.5 Å². The monoisotopic (exact) mass is 370 g/mol. The van der Waals surface area contributed by atoms with Gasteiger partial charge in [0.05, 0.1) is 24.9 Å². The first kappa shape index (κ1) is 18.0. The Morgan fingerprint density at radius 2 is 2.04 bits per heavy atom. The zero-order valence-electron chi connectivity index (χ0n) is 15.6. The number of hydrogen-bond acceptors (Lipinski definition) is 4. The molecule has 1 aromatic carbocycles. The fraction of sp³-hybridized carbons (Fsp3) is 0.500. The zero-order chi connectivity index (χ0) is 18.8. The lowest BCUT2D eigenvalue weighted by atomic mass is 10.0. The molecule has 4 rings (SSSR count). The number of para-hydroxylation sites is 1. The van der Waals surface area contributed by atoms with Crippen LogP contribution in [0.1, 0.15) is 30.3 Å². The molecule has 2 atom stereocenters. The number of nitrogens with one attached hydrogen (secondary N) is 1. The van der Waals surface area contributed by atoms with Crippen molar-refractivity contribution in [3.63, 3.8) is 0 Å². The molecule has 2 saturated heterocycles. The first-order valence-electron chi connectivity index (χ1n) is 9.67. The lowest BCUT2D eigenvalue weighted by Crippen LogP contribution is -2.62. The van der Waals surface area contributed by atoms with Gasteiger partial charge in [-0.25, -0.2) is 4.68 Å². The van der Waals surface area contributed by atoms with Gasteiger partial charge in [0.25, 0.3) is 11.5 Å². The molecule has 1 aromatic heterocycles. The third-order valence-corrected chi connectivity index (χ3v) is 5.49. The summed E-state index contributed by atoms with van der Waals surface area (Å²) in [5, 5.41) is 2.96.